The molecule has 0 saturated carbocycles. The maximum Gasteiger partial charge on any atom is 0.257 e. The van der Waals surface area contributed by atoms with E-state index in [1.165, 1.54) is 250 Å². The van der Waals surface area contributed by atoms with Gasteiger partial charge in [0.25, 0.3) is 5.82 Å². The Labute approximate surface area is 316 Å². The second kappa shape index (κ2) is 38.0. The van der Waals surface area contributed by atoms with Crippen molar-refractivity contribution in [2.75, 3.05) is 0 Å². The van der Waals surface area contributed by atoms with Crippen molar-refractivity contribution in [2.24, 2.45) is 0 Å². The third kappa shape index (κ3) is 28.8. The fourth-order valence-corrected chi connectivity index (χ4v) is 8.37. The van der Waals surface area contributed by atoms with E-state index in [9.17, 15) is 0 Å². The molecular weight excluding hydrogens is 605 g/mol. The third-order valence-electron chi connectivity index (χ3n) is 11.9. The van der Waals surface area contributed by atoms with Crippen LogP contribution < -0.4 is 4.57 Å². The van der Waals surface area contributed by atoms with Gasteiger partial charge < -0.3 is 0 Å². The summed E-state index contributed by atoms with van der Waals surface area (Å²) in [6, 6.07) is 0.617. The molecule has 0 aliphatic carbocycles. The summed E-state index contributed by atoms with van der Waals surface area (Å²) in [7, 11) is 0. The molecule has 0 amide bonds. The van der Waals surface area contributed by atoms with E-state index in [1.54, 1.807) is 5.82 Å². The van der Waals surface area contributed by atoms with Gasteiger partial charge in [-0.05, 0) is 32.6 Å². The van der Waals surface area contributed by atoms with E-state index in [0.717, 1.165) is 0 Å². The summed E-state index contributed by atoms with van der Waals surface area (Å²) < 4.78 is 2.65. The zero-order valence-corrected chi connectivity index (χ0v) is 35.3. The first-order valence-electron chi connectivity index (χ1n) is 23.8. The molecule has 0 aromatic carbocycles. The minimum Gasteiger partial charge on any atom is -0.247 e. The Bertz CT molecular complexity index is 768. The van der Waals surface area contributed by atoms with Crippen molar-refractivity contribution in [3.63, 3.8) is 0 Å². The van der Waals surface area contributed by atoms with Crippen molar-refractivity contribution in [1.29, 1.82) is 0 Å². The van der Waals surface area contributed by atoms with Crippen molar-refractivity contribution in [1.82, 2.24) is 4.98 Å². The van der Waals surface area contributed by atoms with Crippen LogP contribution in [-0.2, 0) is 0 Å². The normalized spacial score (nSPS) is 13.0. The Kier molecular flexibility index (Phi) is 35.8. The highest BCUT2D eigenvalue weighted by atomic mass is 15.1. The molecular formula is C48H95N2+. The number of hydrogen-bond acceptors (Lipinski definition) is 0. The van der Waals surface area contributed by atoms with Crippen LogP contribution in [0.1, 0.15) is 296 Å². The molecule has 0 spiro atoms. The number of unbranched alkanes of at least 4 members (excludes halogenated alkanes) is 33. The fourth-order valence-electron chi connectivity index (χ4n) is 8.37. The van der Waals surface area contributed by atoms with Crippen LogP contribution in [0.3, 0.4) is 0 Å². The summed E-state index contributed by atoms with van der Waals surface area (Å²) in [5, 5.41) is 0. The number of nitrogens with one attached hydrogen (secondary N) is 1. The van der Waals surface area contributed by atoms with Gasteiger partial charge in [-0.3, -0.25) is 0 Å². The molecule has 0 saturated heterocycles. The van der Waals surface area contributed by atoms with Gasteiger partial charge in [-0.1, -0.05) is 245 Å². The molecule has 1 N–H and O–H groups in total. The number of imidazole rings is 1. The minimum atomic E-state index is 0.617. The second-order valence-corrected chi connectivity index (χ2v) is 16.8. The van der Waals surface area contributed by atoms with Crippen LogP contribution in [0.15, 0.2) is 12.4 Å². The number of rotatable bonds is 41. The Morgan fingerprint density at radius 1 is 0.380 bits per heavy atom. The summed E-state index contributed by atoms with van der Waals surface area (Å²) in [4.78, 5) is 3.77. The molecule has 0 aliphatic rings. The van der Waals surface area contributed by atoms with E-state index < -0.39 is 0 Å². The topological polar surface area (TPSA) is 19.7 Å². The van der Waals surface area contributed by atoms with Gasteiger partial charge in [0.05, 0.1) is 12.0 Å². The molecule has 2 unspecified atom stereocenters. The predicted octanol–water partition coefficient (Wildman–Crippen LogP) is 17.2. The monoisotopic (exact) mass is 700 g/mol. The van der Waals surface area contributed by atoms with Crippen LogP contribution in [0, 0.1) is 0 Å². The Morgan fingerprint density at radius 2 is 0.640 bits per heavy atom. The van der Waals surface area contributed by atoms with Crippen LogP contribution in [-0.4, -0.2) is 4.98 Å². The summed E-state index contributed by atoms with van der Waals surface area (Å²) in [5.74, 6) is 2.25. The van der Waals surface area contributed by atoms with Gasteiger partial charge in [-0.25, -0.2) is 9.55 Å². The van der Waals surface area contributed by atoms with Crippen molar-refractivity contribution >= 4 is 0 Å². The standard InChI is InChI=1S/C48H94N2/c1-5-8-11-14-17-19-21-23-24-25-27-29-31-34-37-40-43-47(42-39-36-32-16-13-10-7-3)48-49-44-45-50(48)46(4)41-38-35-33-30-28-26-22-20-18-15-12-9-6-2/h44-47H,5-43H2,1-4H3/p+1. The number of hydrogen-bond donors (Lipinski definition) is 1. The molecule has 0 aliphatic heterocycles. The fraction of sp³-hybridized carbons (Fsp3) is 0.938. The molecule has 0 bridgehead atoms. The lowest BCUT2D eigenvalue weighted by atomic mass is 9.92. The van der Waals surface area contributed by atoms with Crippen LogP contribution in [0.5, 0.6) is 0 Å². The quantitative estimate of drug-likeness (QED) is 0.0518. The first kappa shape index (κ1) is 47.2. The van der Waals surface area contributed by atoms with E-state index >= 15 is 0 Å². The molecule has 1 heterocycles. The highest BCUT2D eigenvalue weighted by molar-refractivity contribution is 4.90. The molecule has 296 valence electrons. The van der Waals surface area contributed by atoms with E-state index in [2.05, 4.69) is 49.6 Å². The Morgan fingerprint density at radius 3 is 0.940 bits per heavy atom. The van der Waals surface area contributed by atoms with Gasteiger partial charge in [0, 0.05) is 0 Å². The van der Waals surface area contributed by atoms with Gasteiger partial charge in [-0.2, -0.15) is 0 Å². The molecule has 1 aromatic rings. The zero-order chi connectivity index (χ0) is 36.0. The SMILES string of the molecule is CCCCCCCCCCCCCCCCCCC(CCCCCCCCC)c1[nH]cc[n+]1C(C)CCCCCCCCCCCCCCC. The molecule has 0 fully saturated rings. The van der Waals surface area contributed by atoms with Crippen molar-refractivity contribution < 1.29 is 4.57 Å². The first-order chi connectivity index (χ1) is 24.7. The highest BCUT2D eigenvalue weighted by Gasteiger charge is 2.25. The van der Waals surface area contributed by atoms with E-state index in [1.807, 2.05) is 0 Å². The van der Waals surface area contributed by atoms with Crippen LogP contribution >= 0.6 is 0 Å². The predicted molar refractivity (Wildman–Crippen MR) is 226 cm³/mol. The average molecular weight is 700 g/mol. The first-order valence-corrected chi connectivity index (χ1v) is 23.8. The number of nitrogens with zero attached hydrogens (tertiary/aromatic N) is 1. The molecule has 50 heavy (non-hydrogen) atoms. The van der Waals surface area contributed by atoms with E-state index in [4.69, 9.17) is 0 Å². The molecule has 1 rings (SSSR count). The zero-order valence-electron chi connectivity index (χ0n) is 35.3. The molecule has 2 heteroatoms. The van der Waals surface area contributed by atoms with Gasteiger partial charge in [-0.15, -0.1) is 0 Å². The van der Waals surface area contributed by atoms with Gasteiger partial charge in [0.15, 0.2) is 0 Å². The van der Waals surface area contributed by atoms with Crippen LogP contribution in [0.25, 0.3) is 0 Å². The summed E-state index contributed by atoms with van der Waals surface area (Å²) in [6.07, 6.45) is 60.6. The van der Waals surface area contributed by atoms with Crippen molar-refractivity contribution in [3.05, 3.63) is 18.2 Å². The largest absolute Gasteiger partial charge is 0.257 e. The smallest absolute Gasteiger partial charge is 0.247 e. The maximum absolute atomic E-state index is 3.77. The molecule has 1 aromatic heterocycles. The summed E-state index contributed by atoms with van der Waals surface area (Å²) >= 11 is 0. The van der Waals surface area contributed by atoms with Gasteiger partial charge in [0.1, 0.15) is 12.4 Å². The lowest BCUT2D eigenvalue weighted by molar-refractivity contribution is -0.727. The van der Waals surface area contributed by atoms with Crippen LogP contribution in [0.2, 0.25) is 0 Å². The molecule has 2 atom stereocenters. The minimum absolute atomic E-state index is 0.617. The Balaban J connectivity index is 2.30. The average Bonchev–Trinajstić information content (AvgIpc) is 3.62. The van der Waals surface area contributed by atoms with Crippen molar-refractivity contribution in [2.45, 2.75) is 290 Å². The lowest BCUT2D eigenvalue weighted by Gasteiger charge is -2.17. The molecule has 0 radical (unpaired) electrons. The van der Waals surface area contributed by atoms with Crippen LogP contribution in [0.4, 0.5) is 0 Å². The van der Waals surface area contributed by atoms with Crippen molar-refractivity contribution in [3.8, 4) is 0 Å². The third-order valence-corrected chi connectivity index (χ3v) is 11.9. The van der Waals surface area contributed by atoms with Gasteiger partial charge in [0.2, 0.25) is 0 Å². The summed E-state index contributed by atoms with van der Waals surface area (Å²) in [5.41, 5.74) is 0. The maximum atomic E-state index is 3.77. The number of H-pyrrole nitrogens is 1. The highest BCUT2D eigenvalue weighted by Crippen LogP contribution is 2.27. The number of aromatic nitrogens is 2. The summed E-state index contributed by atoms with van der Waals surface area (Å²) in [6.45, 7) is 9.44. The molecule has 2 nitrogen and oxygen atoms in total. The second-order valence-electron chi connectivity index (χ2n) is 16.8. The van der Waals surface area contributed by atoms with Gasteiger partial charge >= 0.3 is 0 Å². The lowest BCUT2D eigenvalue weighted by Crippen LogP contribution is -2.41. The van der Waals surface area contributed by atoms with E-state index in [0.29, 0.717) is 12.0 Å². The van der Waals surface area contributed by atoms with E-state index in [-0.39, 0.29) is 0 Å². The Hall–Kier alpha value is -0.790. The number of aromatic amines is 1.